The van der Waals surface area contributed by atoms with Gasteiger partial charge in [-0.2, -0.15) is 0 Å². The van der Waals surface area contributed by atoms with E-state index in [1.54, 1.807) is 59.7 Å². The molecule has 0 saturated carbocycles. The molecule has 7 amide bonds. The van der Waals surface area contributed by atoms with Crippen LogP contribution < -0.4 is 16.0 Å². The number of imide groups is 2. The second-order valence-electron chi connectivity index (χ2n) is 18.0. The Labute approximate surface area is 421 Å². The third kappa shape index (κ3) is 23.8. The van der Waals surface area contributed by atoms with Gasteiger partial charge in [0.2, 0.25) is 11.8 Å². The highest BCUT2D eigenvalue weighted by atomic mass is 35.5. The molecule has 2 heterocycles. The summed E-state index contributed by atoms with van der Waals surface area (Å²) in [6, 6.07) is 9.44. The Morgan fingerprint density at radius 1 is 0.757 bits per heavy atom. The average molecular weight is 1030 g/mol. The summed E-state index contributed by atoms with van der Waals surface area (Å²) >= 11 is 11.7. The van der Waals surface area contributed by atoms with Crippen molar-refractivity contribution in [3.63, 3.8) is 0 Å². The maximum atomic E-state index is 13.0. The monoisotopic (exact) mass is 1020 g/mol. The summed E-state index contributed by atoms with van der Waals surface area (Å²) in [5, 5.41) is 9.25. The molecule has 0 aromatic heterocycles. The largest absolute Gasteiger partial charge is 0.443 e. The van der Waals surface area contributed by atoms with Crippen molar-refractivity contribution in [2.24, 2.45) is 0 Å². The molecule has 0 spiro atoms. The standard InChI is InChI=1S/C45H64ClN5O14.C4H7Cl/c1-44(2,3)64-42(56)50(43(57)65-45(4,5)6)12-14-59-16-18-61-20-22-63-24-23-62-21-19-60-17-15-58-13-11-31-26-34(46)28-35(27-31)48-41(55)47-29-32-7-8-36-33(25-32)30-51(40(36)54)37-9-10-38(52)49-39(37)53;1-3-4(2)5/h7-8,25-28,37H,9-24,29-30H2,1-6H3,(H2,47,48,55)(H,49,52,53);3H,1-2H3/b;4-3+. The van der Waals surface area contributed by atoms with Crippen molar-refractivity contribution in [3.05, 3.63) is 74.8 Å². The van der Waals surface area contributed by atoms with E-state index in [2.05, 4.69) is 16.0 Å². The van der Waals surface area contributed by atoms with E-state index >= 15 is 0 Å². The predicted molar refractivity (Wildman–Crippen MR) is 263 cm³/mol. The molecule has 2 aliphatic heterocycles. The van der Waals surface area contributed by atoms with Crippen LogP contribution in [0.4, 0.5) is 20.1 Å². The molecule has 70 heavy (non-hydrogen) atoms. The number of anilines is 1. The van der Waals surface area contributed by atoms with Crippen molar-refractivity contribution in [1.82, 2.24) is 20.4 Å². The smallest absolute Gasteiger partial charge is 0.419 e. The van der Waals surface area contributed by atoms with Crippen LogP contribution in [-0.2, 0) is 67.0 Å². The van der Waals surface area contributed by atoms with Gasteiger partial charge >= 0.3 is 18.2 Å². The number of rotatable bonds is 25. The van der Waals surface area contributed by atoms with Gasteiger partial charge in [0.05, 0.1) is 85.8 Å². The first-order valence-electron chi connectivity index (χ1n) is 23.2. The zero-order valence-electron chi connectivity index (χ0n) is 41.7. The van der Waals surface area contributed by atoms with E-state index in [0.717, 1.165) is 26.6 Å². The van der Waals surface area contributed by atoms with Crippen molar-refractivity contribution in [1.29, 1.82) is 0 Å². The van der Waals surface area contributed by atoms with Crippen LogP contribution >= 0.6 is 23.2 Å². The number of benzene rings is 2. The minimum atomic E-state index is -0.802. The molecular formula is C49H71Cl2N5O14. The number of hydrogen-bond acceptors (Lipinski definition) is 14. The summed E-state index contributed by atoms with van der Waals surface area (Å²) in [5.41, 5.74) is 1.90. The van der Waals surface area contributed by atoms with Crippen molar-refractivity contribution >= 4 is 64.8 Å². The molecule has 1 unspecified atom stereocenters. The Bertz CT molecular complexity index is 2030. The normalized spacial score (nSPS) is 14.9. The van der Waals surface area contributed by atoms with Gasteiger partial charge in [-0.25, -0.2) is 19.3 Å². The number of nitrogens with one attached hydrogen (secondary N) is 3. The summed E-state index contributed by atoms with van der Waals surface area (Å²) in [4.78, 5) is 77.0. The maximum Gasteiger partial charge on any atom is 0.419 e. The zero-order valence-corrected chi connectivity index (χ0v) is 43.2. The highest BCUT2D eigenvalue weighted by Gasteiger charge is 2.39. The van der Waals surface area contributed by atoms with Crippen LogP contribution in [0.2, 0.25) is 5.02 Å². The van der Waals surface area contributed by atoms with Crippen LogP contribution in [0.25, 0.3) is 0 Å². The van der Waals surface area contributed by atoms with Gasteiger partial charge in [0.25, 0.3) is 5.91 Å². The fourth-order valence-corrected chi connectivity index (χ4v) is 6.66. The number of ether oxygens (including phenoxy) is 8. The summed E-state index contributed by atoms with van der Waals surface area (Å²) in [5.74, 6) is -1.06. The zero-order chi connectivity index (χ0) is 51.7. The van der Waals surface area contributed by atoms with Crippen LogP contribution in [0.1, 0.15) is 95.3 Å². The van der Waals surface area contributed by atoms with Gasteiger partial charge in [-0.3, -0.25) is 19.7 Å². The van der Waals surface area contributed by atoms with Crippen molar-refractivity contribution < 1.29 is 66.7 Å². The van der Waals surface area contributed by atoms with Crippen LogP contribution in [0.5, 0.6) is 0 Å². The molecule has 1 fully saturated rings. The van der Waals surface area contributed by atoms with E-state index in [1.165, 1.54) is 4.90 Å². The number of urea groups is 1. The number of allylic oxidation sites excluding steroid dienone is 2. The van der Waals surface area contributed by atoms with E-state index in [0.29, 0.717) is 88.8 Å². The summed E-state index contributed by atoms with van der Waals surface area (Å²) in [6.07, 6.45) is 1.28. The molecule has 19 nitrogen and oxygen atoms in total. The molecule has 1 saturated heterocycles. The van der Waals surface area contributed by atoms with Gasteiger partial charge in [-0.15, -0.1) is 0 Å². The Kier molecular flexibility index (Phi) is 26.1. The molecule has 1 atom stereocenters. The fraction of sp³-hybridized carbons (Fsp3) is 0.592. The number of piperidine rings is 1. The Morgan fingerprint density at radius 3 is 1.77 bits per heavy atom. The topological polar surface area (TPSA) is 219 Å². The van der Waals surface area contributed by atoms with Crippen LogP contribution in [-0.4, -0.2) is 149 Å². The molecular weight excluding hydrogens is 953 g/mol. The number of carbonyl (C=O) groups is 6. The molecule has 0 bridgehead atoms. The number of carbonyl (C=O) groups excluding carboxylic acids is 6. The molecule has 2 aromatic carbocycles. The average Bonchev–Trinajstić information content (AvgIpc) is 3.59. The predicted octanol–water partition coefficient (Wildman–Crippen LogP) is 7.39. The van der Waals surface area contributed by atoms with Gasteiger partial charge in [0.15, 0.2) is 0 Å². The first-order valence-corrected chi connectivity index (χ1v) is 24.0. The summed E-state index contributed by atoms with van der Waals surface area (Å²) < 4.78 is 44.0. The highest BCUT2D eigenvalue weighted by molar-refractivity contribution is 6.31. The van der Waals surface area contributed by atoms with E-state index in [4.69, 9.17) is 61.1 Å². The molecule has 0 radical (unpaired) electrons. The lowest BCUT2D eigenvalue weighted by Gasteiger charge is -2.29. The van der Waals surface area contributed by atoms with Crippen LogP contribution in [0, 0.1) is 0 Å². The molecule has 3 N–H and O–H groups in total. The van der Waals surface area contributed by atoms with Gasteiger partial charge in [-0.05, 0) is 109 Å². The van der Waals surface area contributed by atoms with E-state index in [-0.39, 0.29) is 57.5 Å². The number of amides is 7. The Morgan fingerprint density at radius 2 is 1.27 bits per heavy atom. The lowest BCUT2D eigenvalue weighted by Crippen LogP contribution is -2.52. The van der Waals surface area contributed by atoms with E-state index in [9.17, 15) is 28.8 Å². The van der Waals surface area contributed by atoms with Crippen LogP contribution in [0.3, 0.4) is 0 Å². The minimum absolute atomic E-state index is 0.0318. The van der Waals surface area contributed by atoms with Gasteiger partial charge in [0.1, 0.15) is 17.2 Å². The Balaban J connectivity index is 0.00000246. The molecule has 4 rings (SSSR count). The van der Waals surface area contributed by atoms with Crippen molar-refractivity contribution in [2.75, 3.05) is 91.1 Å². The highest BCUT2D eigenvalue weighted by Crippen LogP contribution is 2.28. The number of nitrogens with zero attached hydrogens (tertiary/aromatic N) is 2. The van der Waals surface area contributed by atoms with Gasteiger partial charge in [-0.1, -0.05) is 41.4 Å². The number of hydrogen-bond donors (Lipinski definition) is 3. The first kappa shape index (κ1) is 59.4. The molecule has 21 heteroatoms. The summed E-state index contributed by atoms with van der Waals surface area (Å²) in [6.45, 7) is 18.7. The molecule has 2 aromatic rings. The van der Waals surface area contributed by atoms with Crippen molar-refractivity contribution in [2.45, 2.75) is 105 Å². The molecule has 0 aliphatic carbocycles. The second-order valence-corrected chi connectivity index (χ2v) is 19.0. The Hall–Kier alpha value is -4.86. The second kappa shape index (κ2) is 30.8. The van der Waals surface area contributed by atoms with E-state index < -0.39 is 41.4 Å². The lowest BCUT2D eigenvalue weighted by molar-refractivity contribution is -0.136. The molecule has 2 aliphatic rings. The fourth-order valence-electron chi connectivity index (χ4n) is 6.40. The first-order chi connectivity index (χ1) is 33.1. The van der Waals surface area contributed by atoms with Gasteiger partial charge in [0, 0.05) is 40.8 Å². The SMILES string of the molecule is C/C=C(\C)Cl.CC(C)(C)OC(=O)N(CCOCCOCCOCCOCCOCCOCCc1cc(Cl)cc(NC(=O)NCc2ccc3c(c2)CN(C2CCC(=O)NC2=O)C3=O)c1)C(=O)OC(C)(C)C. The minimum Gasteiger partial charge on any atom is -0.443 e. The van der Waals surface area contributed by atoms with Gasteiger partial charge < -0.3 is 53.4 Å². The third-order valence-electron chi connectivity index (χ3n) is 9.74. The maximum absolute atomic E-state index is 13.0. The number of fused-ring (bicyclic) bond motifs is 1. The van der Waals surface area contributed by atoms with Crippen LogP contribution in [0.15, 0.2) is 47.5 Å². The molecule has 390 valence electrons. The third-order valence-corrected chi connectivity index (χ3v) is 10.2. The summed E-state index contributed by atoms with van der Waals surface area (Å²) in [7, 11) is 0. The lowest BCUT2D eigenvalue weighted by atomic mass is 10.0. The quantitative estimate of drug-likeness (QED) is 0.0653. The van der Waals surface area contributed by atoms with E-state index in [1.807, 2.05) is 38.1 Å². The number of halogens is 2. The van der Waals surface area contributed by atoms with Crippen molar-refractivity contribution in [3.8, 4) is 0 Å².